The molecule has 2 atom stereocenters. The van der Waals surface area contributed by atoms with Gasteiger partial charge in [0, 0.05) is 12.8 Å². The van der Waals surface area contributed by atoms with E-state index in [2.05, 4.69) is 62.5 Å². The molecule has 0 aliphatic rings. The van der Waals surface area contributed by atoms with Crippen molar-refractivity contribution in [2.45, 2.75) is 437 Å². The summed E-state index contributed by atoms with van der Waals surface area (Å²) in [6, 6.07) is 0. The third kappa shape index (κ3) is 78.5. The van der Waals surface area contributed by atoms with E-state index < -0.39 is 18.4 Å². The highest BCUT2D eigenvalue weighted by Gasteiger charge is 2.25. The van der Waals surface area contributed by atoms with Crippen molar-refractivity contribution in [3.63, 3.8) is 0 Å². The van der Waals surface area contributed by atoms with Crippen LogP contribution in [0.2, 0.25) is 0 Å². The Morgan fingerprint density at radius 1 is 0.316 bits per heavy atom. The van der Waals surface area contributed by atoms with Crippen LogP contribution in [0.5, 0.6) is 0 Å². The Kier molecular flexibility index (Phi) is 74.8. The number of likely N-dealkylation sites (N-methyl/N-ethyl adjacent to an activating group) is 1. The highest BCUT2D eigenvalue weighted by molar-refractivity contribution is 5.71. The molecular weight excluding hydrogens is 1170 g/mol. The van der Waals surface area contributed by atoms with Gasteiger partial charge in [0.1, 0.15) is 13.2 Å². The summed E-state index contributed by atoms with van der Waals surface area (Å²) in [4.78, 5) is 37.8. The molecule has 2 unspecified atom stereocenters. The van der Waals surface area contributed by atoms with Crippen LogP contribution in [0, 0.1) is 0 Å². The molecule has 0 aliphatic carbocycles. The highest BCUT2D eigenvalue weighted by Crippen LogP contribution is 2.20. The lowest BCUT2D eigenvalue weighted by Gasteiger charge is -2.25. The molecular formula is C86H162NO8+. The van der Waals surface area contributed by atoms with Crippen molar-refractivity contribution < 1.29 is 42.9 Å². The summed E-state index contributed by atoms with van der Waals surface area (Å²) in [5, 5.41) is 9.78. The maximum atomic E-state index is 13.0. The third-order valence-electron chi connectivity index (χ3n) is 19.1. The molecule has 0 aromatic carbocycles. The molecule has 0 heterocycles. The first-order chi connectivity index (χ1) is 46.6. The number of ether oxygens (including phenoxy) is 4. The maximum Gasteiger partial charge on any atom is 0.361 e. The summed E-state index contributed by atoms with van der Waals surface area (Å²) in [7, 11) is 6.00. The van der Waals surface area contributed by atoms with Gasteiger partial charge in [-0.05, 0) is 77.0 Å². The van der Waals surface area contributed by atoms with Crippen molar-refractivity contribution in [2.75, 3.05) is 47.5 Å². The number of rotatable bonds is 79. The quantitative estimate of drug-likeness (QED) is 0.0211. The molecule has 558 valence electrons. The van der Waals surface area contributed by atoms with Crippen LogP contribution in [0.1, 0.15) is 425 Å². The van der Waals surface area contributed by atoms with Crippen molar-refractivity contribution in [1.29, 1.82) is 0 Å². The van der Waals surface area contributed by atoms with E-state index in [0.29, 0.717) is 17.4 Å². The smallest absolute Gasteiger partial charge is 0.361 e. The predicted octanol–water partition coefficient (Wildman–Crippen LogP) is 26.8. The number of unbranched alkanes of at least 4 members (excludes halogenated alkanes) is 56. The summed E-state index contributed by atoms with van der Waals surface area (Å²) in [6.07, 6.45) is 98.6. The molecule has 0 amide bonds. The number of esters is 2. The Morgan fingerprint density at radius 3 is 0.832 bits per heavy atom. The largest absolute Gasteiger partial charge is 0.477 e. The van der Waals surface area contributed by atoms with Crippen LogP contribution in [-0.2, 0) is 33.3 Å². The van der Waals surface area contributed by atoms with Gasteiger partial charge in [0.15, 0.2) is 6.10 Å². The topological polar surface area (TPSA) is 108 Å². The number of allylic oxidation sites excluding steroid dienone is 8. The van der Waals surface area contributed by atoms with E-state index in [-0.39, 0.29) is 38.2 Å². The molecule has 0 rings (SSSR count). The van der Waals surface area contributed by atoms with Gasteiger partial charge in [-0.1, -0.05) is 383 Å². The maximum absolute atomic E-state index is 13.0. The Labute approximate surface area is 591 Å². The van der Waals surface area contributed by atoms with E-state index in [1.54, 1.807) is 0 Å². The van der Waals surface area contributed by atoms with Crippen molar-refractivity contribution in [3.05, 3.63) is 48.6 Å². The predicted molar refractivity (Wildman–Crippen MR) is 410 cm³/mol. The number of carbonyl (C=O) groups is 3. The van der Waals surface area contributed by atoms with E-state index >= 15 is 0 Å². The second-order valence-electron chi connectivity index (χ2n) is 29.8. The van der Waals surface area contributed by atoms with Crippen LogP contribution in [-0.4, -0.2) is 87.4 Å². The number of carboxylic acids is 1. The molecule has 0 spiro atoms. The fourth-order valence-corrected chi connectivity index (χ4v) is 12.7. The molecule has 95 heavy (non-hydrogen) atoms. The summed E-state index contributed by atoms with van der Waals surface area (Å²) >= 11 is 0. The summed E-state index contributed by atoms with van der Waals surface area (Å²) in [6.45, 7) is 4.93. The Bertz CT molecular complexity index is 1700. The zero-order valence-corrected chi connectivity index (χ0v) is 64.1. The molecule has 0 fully saturated rings. The van der Waals surface area contributed by atoms with Gasteiger partial charge >= 0.3 is 17.9 Å². The van der Waals surface area contributed by atoms with Gasteiger partial charge in [0.05, 0.1) is 34.4 Å². The minimum atomic E-state index is -1.51. The standard InChI is InChI=1S/C86H161NO8/c1-6-8-10-12-14-16-18-20-22-24-26-28-30-32-34-36-38-40-41-42-43-45-47-49-51-53-55-57-59-61-63-65-67-69-71-73-75-77-84(89)95-82(81-94-86(85(90)91)92-79-78-87(3,4)5)80-93-83(88)76-74-72-70-68-66-64-62-60-58-56-54-52-50-48-46-44-39-37-35-33-31-29-27-25-23-21-19-17-15-13-11-9-7-2/h18-21,24-27,82,86H,6-17,22-23,28-81H2,1-5H3/p+1/b20-18-,21-19-,26-24-,27-25-. The van der Waals surface area contributed by atoms with Crippen LogP contribution in [0.15, 0.2) is 48.6 Å². The van der Waals surface area contributed by atoms with Gasteiger partial charge in [0.25, 0.3) is 6.29 Å². The first-order valence-electron chi connectivity index (χ1n) is 41.8. The van der Waals surface area contributed by atoms with Crippen LogP contribution in [0.4, 0.5) is 0 Å². The minimum absolute atomic E-state index is 0.176. The monoisotopic (exact) mass is 1340 g/mol. The summed E-state index contributed by atoms with van der Waals surface area (Å²) in [5.41, 5.74) is 0. The fourth-order valence-electron chi connectivity index (χ4n) is 12.7. The lowest BCUT2D eigenvalue weighted by atomic mass is 10.0. The lowest BCUT2D eigenvalue weighted by molar-refractivity contribution is -0.870. The Morgan fingerprint density at radius 2 is 0.568 bits per heavy atom. The molecule has 9 heteroatoms. The minimum Gasteiger partial charge on any atom is -0.477 e. The van der Waals surface area contributed by atoms with Crippen LogP contribution >= 0.6 is 0 Å². The molecule has 0 aromatic heterocycles. The van der Waals surface area contributed by atoms with Gasteiger partial charge in [-0.25, -0.2) is 4.79 Å². The Balaban J connectivity index is 3.94. The van der Waals surface area contributed by atoms with E-state index in [1.807, 2.05) is 21.1 Å². The number of carboxylic acid groups (broad SMARTS) is 1. The summed E-state index contributed by atoms with van der Waals surface area (Å²) in [5.74, 6) is -1.97. The number of aliphatic carboxylic acids is 1. The van der Waals surface area contributed by atoms with E-state index in [4.69, 9.17) is 18.9 Å². The molecule has 9 nitrogen and oxygen atoms in total. The second kappa shape index (κ2) is 77.0. The van der Waals surface area contributed by atoms with Gasteiger partial charge < -0.3 is 28.5 Å². The van der Waals surface area contributed by atoms with Crippen molar-refractivity contribution in [3.8, 4) is 0 Å². The fraction of sp³-hybridized carbons (Fsp3) is 0.872. The number of hydrogen-bond donors (Lipinski definition) is 1. The third-order valence-corrected chi connectivity index (χ3v) is 19.1. The molecule has 0 radical (unpaired) electrons. The molecule has 0 saturated heterocycles. The van der Waals surface area contributed by atoms with E-state index in [0.717, 1.165) is 51.4 Å². The van der Waals surface area contributed by atoms with E-state index in [1.165, 1.54) is 347 Å². The summed E-state index contributed by atoms with van der Waals surface area (Å²) < 4.78 is 23.1. The van der Waals surface area contributed by atoms with Crippen molar-refractivity contribution >= 4 is 17.9 Å². The number of quaternary nitrogens is 1. The van der Waals surface area contributed by atoms with Crippen LogP contribution in [0.25, 0.3) is 0 Å². The van der Waals surface area contributed by atoms with Crippen LogP contribution < -0.4 is 0 Å². The van der Waals surface area contributed by atoms with E-state index in [9.17, 15) is 19.5 Å². The first-order valence-corrected chi connectivity index (χ1v) is 41.8. The molecule has 0 saturated carbocycles. The zero-order valence-electron chi connectivity index (χ0n) is 64.1. The van der Waals surface area contributed by atoms with Crippen molar-refractivity contribution in [2.24, 2.45) is 0 Å². The second-order valence-corrected chi connectivity index (χ2v) is 29.8. The first kappa shape index (κ1) is 92.2. The molecule has 0 aliphatic heterocycles. The van der Waals surface area contributed by atoms with Crippen LogP contribution in [0.3, 0.4) is 0 Å². The van der Waals surface area contributed by atoms with Crippen molar-refractivity contribution in [1.82, 2.24) is 0 Å². The van der Waals surface area contributed by atoms with Gasteiger partial charge in [-0.2, -0.15) is 0 Å². The van der Waals surface area contributed by atoms with Gasteiger partial charge in [0.2, 0.25) is 0 Å². The number of hydrogen-bond acceptors (Lipinski definition) is 7. The SMILES string of the molecule is CCCCCCC/C=C\C/C=C\CCCCCCCCCCCCCCCCCCCCCCCCCCCC(=O)OC(COC(=O)CCCCCCCCCCCCCCCCCCCCCCC/C=C\C/C=C\CCCCCCC)COC(OCC[N+](C)(C)C)C(=O)O. The highest BCUT2D eigenvalue weighted by atomic mass is 16.7. The molecule has 0 aromatic rings. The van der Waals surface area contributed by atoms with Gasteiger partial charge in [-0.15, -0.1) is 0 Å². The molecule has 1 N–H and O–H groups in total. The average Bonchev–Trinajstić information content (AvgIpc) is 3.75. The lowest BCUT2D eigenvalue weighted by Crippen LogP contribution is -2.40. The normalized spacial score (nSPS) is 12.8. The molecule has 0 bridgehead atoms. The van der Waals surface area contributed by atoms with Gasteiger partial charge in [-0.3, -0.25) is 9.59 Å². The average molecular weight is 1340 g/mol. The number of nitrogens with zero attached hydrogens (tertiary/aromatic N) is 1. The Hall–Kier alpha value is -2.75. The zero-order chi connectivity index (χ0) is 69.0. The number of carbonyl (C=O) groups excluding carboxylic acids is 2.